The summed E-state index contributed by atoms with van der Waals surface area (Å²) in [6.07, 6.45) is 6.28. The normalized spacial score (nSPS) is 16.8. The summed E-state index contributed by atoms with van der Waals surface area (Å²) in [5.41, 5.74) is 2.13. The van der Waals surface area contributed by atoms with Gasteiger partial charge in [0.1, 0.15) is 0 Å². The Morgan fingerprint density at radius 1 is 1.21 bits per heavy atom. The highest BCUT2D eigenvalue weighted by Crippen LogP contribution is 2.33. The van der Waals surface area contributed by atoms with Crippen molar-refractivity contribution in [2.45, 2.75) is 44.6 Å². The van der Waals surface area contributed by atoms with Gasteiger partial charge in [-0.2, -0.15) is 0 Å². The third-order valence-corrected chi connectivity index (χ3v) is 4.10. The van der Waals surface area contributed by atoms with Crippen molar-refractivity contribution >= 4 is 16.9 Å². The number of aliphatic carboxylic acids is 1. The predicted molar refractivity (Wildman–Crippen MR) is 75.4 cm³/mol. The number of carboxylic acid groups (broad SMARTS) is 1. The van der Waals surface area contributed by atoms with Crippen molar-refractivity contribution in [3.8, 4) is 0 Å². The highest BCUT2D eigenvalue weighted by molar-refractivity contribution is 5.83. The zero-order chi connectivity index (χ0) is 13.2. The van der Waals surface area contributed by atoms with E-state index in [9.17, 15) is 4.79 Å². The Hall–Kier alpha value is -1.77. The Morgan fingerprint density at radius 3 is 2.68 bits per heavy atom. The SMILES string of the molecule is O=C(O)Cc1cc2ccccc2n1C1CCCCC1. The Morgan fingerprint density at radius 2 is 1.95 bits per heavy atom. The van der Waals surface area contributed by atoms with Crippen molar-refractivity contribution in [3.05, 3.63) is 36.0 Å². The van der Waals surface area contributed by atoms with E-state index in [0.717, 1.165) is 11.1 Å². The van der Waals surface area contributed by atoms with Crippen molar-refractivity contribution < 1.29 is 9.90 Å². The van der Waals surface area contributed by atoms with Gasteiger partial charge < -0.3 is 9.67 Å². The average molecular weight is 257 g/mol. The summed E-state index contributed by atoms with van der Waals surface area (Å²) in [4.78, 5) is 11.1. The Kier molecular flexibility index (Phi) is 3.28. The lowest BCUT2D eigenvalue weighted by molar-refractivity contribution is -0.136. The van der Waals surface area contributed by atoms with Gasteiger partial charge in [-0.3, -0.25) is 4.79 Å². The number of fused-ring (bicyclic) bond motifs is 1. The second-order valence-corrected chi connectivity index (χ2v) is 5.43. The quantitative estimate of drug-likeness (QED) is 0.909. The molecule has 3 nitrogen and oxygen atoms in total. The van der Waals surface area contributed by atoms with E-state index in [1.54, 1.807) is 0 Å². The number of aromatic nitrogens is 1. The molecule has 2 aromatic rings. The monoisotopic (exact) mass is 257 g/mol. The lowest BCUT2D eigenvalue weighted by atomic mass is 9.95. The molecule has 0 unspecified atom stereocenters. The fourth-order valence-corrected chi connectivity index (χ4v) is 3.29. The van der Waals surface area contributed by atoms with Gasteiger partial charge in [0.2, 0.25) is 0 Å². The maximum Gasteiger partial charge on any atom is 0.309 e. The van der Waals surface area contributed by atoms with Gasteiger partial charge in [-0.25, -0.2) is 0 Å². The van der Waals surface area contributed by atoms with E-state index < -0.39 is 5.97 Å². The first-order chi connectivity index (χ1) is 9.25. The smallest absolute Gasteiger partial charge is 0.309 e. The summed E-state index contributed by atoms with van der Waals surface area (Å²) in [6.45, 7) is 0. The molecule has 100 valence electrons. The minimum Gasteiger partial charge on any atom is -0.481 e. The summed E-state index contributed by atoms with van der Waals surface area (Å²) >= 11 is 0. The first-order valence-corrected chi connectivity index (χ1v) is 7.06. The third-order valence-electron chi connectivity index (χ3n) is 4.10. The van der Waals surface area contributed by atoms with E-state index in [0.29, 0.717) is 6.04 Å². The van der Waals surface area contributed by atoms with Crippen LogP contribution in [-0.4, -0.2) is 15.6 Å². The van der Waals surface area contributed by atoms with Gasteiger partial charge in [0.25, 0.3) is 0 Å². The van der Waals surface area contributed by atoms with Gasteiger partial charge in [-0.15, -0.1) is 0 Å². The van der Waals surface area contributed by atoms with E-state index >= 15 is 0 Å². The lowest BCUT2D eigenvalue weighted by Crippen LogP contribution is -2.16. The highest BCUT2D eigenvalue weighted by Gasteiger charge is 2.20. The molecule has 1 fully saturated rings. The molecular formula is C16H19NO2. The number of para-hydroxylation sites is 1. The third kappa shape index (κ3) is 2.37. The van der Waals surface area contributed by atoms with E-state index in [4.69, 9.17) is 5.11 Å². The summed E-state index contributed by atoms with van der Waals surface area (Å²) < 4.78 is 2.28. The van der Waals surface area contributed by atoms with Crippen molar-refractivity contribution in [3.63, 3.8) is 0 Å². The van der Waals surface area contributed by atoms with Gasteiger partial charge in [0.15, 0.2) is 0 Å². The molecule has 1 heterocycles. The van der Waals surface area contributed by atoms with Gasteiger partial charge >= 0.3 is 5.97 Å². The number of carboxylic acids is 1. The van der Waals surface area contributed by atoms with Crippen LogP contribution < -0.4 is 0 Å². The fraction of sp³-hybridized carbons (Fsp3) is 0.438. The first kappa shape index (κ1) is 12.3. The van der Waals surface area contributed by atoms with Crippen LogP contribution in [0.4, 0.5) is 0 Å². The lowest BCUT2D eigenvalue weighted by Gasteiger charge is -2.26. The number of hydrogen-bond donors (Lipinski definition) is 1. The van der Waals surface area contributed by atoms with E-state index in [-0.39, 0.29) is 6.42 Å². The molecule has 3 rings (SSSR count). The highest BCUT2D eigenvalue weighted by atomic mass is 16.4. The van der Waals surface area contributed by atoms with Gasteiger partial charge in [0.05, 0.1) is 6.42 Å². The van der Waals surface area contributed by atoms with E-state index in [1.807, 2.05) is 18.2 Å². The van der Waals surface area contributed by atoms with Crippen molar-refractivity contribution in [1.82, 2.24) is 4.57 Å². The molecule has 0 radical (unpaired) electrons. The maximum absolute atomic E-state index is 11.1. The Balaban J connectivity index is 2.09. The summed E-state index contributed by atoms with van der Waals surface area (Å²) in [7, 11) is 0. The minimum atomic E-state index is -0.750. The molecule has 0 atom stereocenters. The van der Waals surface area contributed by atoms with Gasteiger partial charge in [-0.05, 0) is 30.4 Å². The van der Waals surface area contributed by atoms with Crippen molar-refractivity contribution in [2.24, 2.45) is 0 Å². The van der Waals surface area contributed by atoms with Crippen molar-refractivity contribution in [1.29, 1.82) is 0 Å². The molecule has 0 amide bonds. The standard InChI is InChI=1S/C16H19NO2/c18-16(19)11-14-10-12-6-4-5-9-15(12)17(14)13-7-2-1-3-8-13/h4-6,9-10,13H,1-3,7-8,11H2,(H,18,19). The molecule has 0 spiro atoms. The van der Waals surface area contributed by atoms with Crippen LogP contribution in [-0.2, 0) is 11.2 Å². The van der Waals surface area contributed by atoms with Crippen LogP contribution in [0, 0.1) is 0 Å². The summed E-state index contributed by atoms with van der Waals surface area (Å²) in [5.74, 6) is -0.750. The van der Waals surface area contributed by atoms with Gasteiger partial charge in [-0.1, -0.05) is 37.5 Å². The molecule has 0 saturated heterocycles. The second kappa shape index (κ2) is 5.08. The van der Waals surface area contributed by atoms with Crippen LogP contribution in [0.5, 0.6) is 0 Å². The summed E-state index contributed by atoms with van der Waals surface area (Å²) in [5, 5.41) is 10.3. The zero-order valence-corrected chi connectivity index (χ0v) is 11.0. The van der Waals surface area contributed by atoms with Crippen LogP contribution in [0.2, 0.25) is 0 Å². The molecule has 1 saturated carbocycles. The van der Waals surface area contributed by atoms with Crippen LogP contribution in [0.1, 0.15) is 43.8 Å². The fourth-order valence-electron chi connectivity index (χ4n) is 3.29. The molecule has 0 bridgehead atoms. The van der Waals surface area contributed by atoms with Gasteiger partial charge in [0, 0.05) is 17.3 Å². The number of hydrogen-bond acceptors (Lipinski definition) is 1. The molecule has 1 aromatic carbocycles. The van der Waals surface area contributed by atoms with Crippen LogP contribution >= 0.6 is 0 Å². The number of rotatable bonds is 3. The van der Waals surface area contributed by atoms with Crippen LogP contribution in [0.15, 0.2) is 30.3 Å². The van der Waals surface area contributed by atoms with E-state index in [2.05, 4.69) is 16.7 Å². The number of nitrogens with zero attached hydrogens (tertiary/aromatic N) is 1. The predicted octanol–water partition coefficient (Wildman–Crippen LogP) is 3.77. The average Bonchev–Trinajstić information content (AvgIpc) is 2.76. The number of benzene rings is 1. The molecule has 1 aliphatic carbocycles. The first-order valence-electron chi connectivity index (χ1n) is 7.06. The molecule has 1 aliphatic rings. The van der Waals surface area contributed by atoms with E-state index in [1.165, 1.54) is 37.6 Å². The Bertz CT molecular complexity index is 594. The minimum absolute atomic E-state index is 0.116. The Labute approximate surface area is 112 Å². The molecule has 3 heteroatoms. The molecular weight excluding hydrogens is 238 g/mol. The summed E-state index contributed by atoms with van der Waals surface area (Å²) in [6, 6.07) is 10.7. The number of carbonyl (C=O) groups is 1. The molecule has 19 heavy (non-hydrogen) atoms. The maximum atomic E-state index is 11.1. The van der Waals surface area contributed by atoms with Crippen LogP contribution in [0.3, 0.4) is 0 Å². The molecule has 1 aromatic heterocycles. The zero-order valence-electron chi connectivity index (χ0n) is 11.0. The largest absolute Gasteiger partial charge is 0.481 e. The van der Waals surface area contributed by atoms with Crippen molar-refractivity contribution in [2.75, 3.05) is 0 Å². The topological polar surface area (TPSA) is 42.2 Å². The molecule has 1 N–H and O–H groups in total. The molecule has 0 aliphatic heterocycles. The van der Waals surface area contributed by atoms with Crippen LogP contribution in [0.25, 0.3) is 10.9 Å². The second-order valence-electron chi connectivity index (χ2n) is 5.43.